The Kier molecular flexibility index (Phi) is 12.8. The van der Waals surface area contributed by atoms with Crippen molar-refractivity contribution < 1.29 is 20.1 Å². The molecule has 0 atom stereocenters. The molecule has 317 valence electrons. The molecule has 0 bridgehead atoms. The van der Waals surface area contributed by atoms with Gasteiger partial charge < -0.3 is 4.57 Å². The molecular weight excluding hydrogens is 1020 g/mol. The van der Waals surface area contributed by atoms with Gasteiger partial charge in [0, 0.05) is 30.4 Å². The van der Waals surface area contributed by atoms with Crippen molar-refractivity contribution >= 4 is 71.0 Å². The topological polar surface area (TPSA) is 30.7 Å². The van der Waals surface area contributed by atoms with E-state index >= 15 is 0 Å². The first kappa shape index (κ1) is 44.4. The third-order valence-electron chi connectivity index (χ3n) is 11.6. The van der Waals surface area contributed by atoms with E-state index in [1.807, 2.05) is 29.5 Å². The van der Waals surface area contributed by atoms with Crippen molar-refractivity contribution in [2.45, 2.75) is 63.7 Å². The fourth-order valence-electron chi connectivity index (χ4n) is 8.74. The Bertz CT molecular complexity index is 3210. The average Bonchev–Trinajstić information content (AvgIpc) is 3.83. The molecule has 7 aromatic carbocycles. The minimum absolute atomic E-state index is 0. The number of imidazole rings is 1. The molecule has 0 aliphatic heterocycles. The van der Waals surface area contributed by atoms with Crippen molar-refractivity contribution in [1.82, 2.24) is 14.5 Å². The molecule has 3 aromatic heterocycles. The number of rotatable bonds is 7. The van der Waals surface area contributed by atoms with E-state index in [2.05, 4.69) is 208 Å². The van der Waals surface area contributed by atoms with Crippen molar-refractivity contribution in [2.75, 3.05) is 0 Å². The standard InChI is InChI=1S/C39H29N2S.C18H24GeN.Ir/c1-39(2,3)32-21-12-18-28(25-13-5-4-6-14-25)36(32)41-34-24-27-16-8-7-15-26(27)23-33(34)40-38(41)31-20-11-19-30-29-17-9-10-22-35(29)42-37(30)31;1-14(2)11-16-12-18(15-9-7-6-8-10-15)20-13-17(16)19(3,4)5;/h4-19,21-24H,1-3H3;6-9,12-14H,11H2,1-5H3;/q2*-1;. The summed E-state index contributed by atoms with van der Waals surface area (Å²) < 4.78 is 6.45. The predicted octanol–water partition coefficient (Wildman–Crippen LogP) is 15.3. The molecule has 0 saturated heterocycles. The normalized spacial score (nSPS) is 11.9. The van der Waals surface area contributed by atoms with E-state index < -0.39 is 13.3 Å². The monoisotopic (exact) mass is 1080 g/mol. The summed E-state index contributed by atoms with van der Waals surface area (Å²) in [6.45, 7) is 11.5. The summed E-state index contributed by atoms with van der Waals surface area (Å²) in [5.41, 5.74) is 11.5. The third kappa shape index (κ3) is 8.99. The van der Waals surface area contributed by atoms with Gasteiger partial charge in [-0.15, -0.1) is 18.2 Å². The van der Waals surface area contributed by atoms with Gasteiger partial charge in [0.15, 0.2) is 0 Å². The van der Waals surface area contributed by atoms with E-state index in [0.717, 1.165) is 40.1 Å². The van der Waals surface area contributed by atoms with Gasteiger partial charge in [-0.1, -0.05) is 123 Å². The largest absolute Gasteiger partial charge is 0 e. The molecule has 0 aliphatic carbocycles. The Morgan fingerprint density at radius 2 is 1.43 bits per heavy atom. The van der Waals surface area contributed by atoms with E-state index in [-0.39, 0.29) is 25.5 Å². The minimum Gasteiger partial charge on any atom is 0 e. The van der Waals surface area contributed by atoms with Gasteiger partial charge in [0.05, 0.1) is 22.5 Å². The Morgan fingerprint density at radius 1 is 0.714 bits per heavy atom. The summed E-state index contributed by atoms with van der Waals surface area (Å²) in [4.78, 5) is 10.1. The van der Waals surface area contributed by atoms with Gasteiger partial charge >= 0.3 is 126 Å². The summed E-state index contributed by atoms with van der Waals surface area (Å²) in [5, 5.41) is 4.93. The molecular formula is C57H53GeIrN3S-2. The van der Waals surface area contributed by atoms with Crippen LogP contribution >= 0.6 is 11.3 Å². The molecule has 3 heterocycles. The van der Waals surface area contributed by atoms with Crippen molar-refractivity contribution in [1.29, 1.82) is 0 Å². The first-order valence-electron chi connectivity index (χ1n) is 21.7. The van der Waals surface area contributed by atoms with Gasteiger partial charge in [-0.2, -0.15) is 11.3 Å². The maximum Gasteiger partial charge on any atom is 0 e. The van der Waals surface area contributed by atoms with E-state index in [1.165, 1.54) is 58.9 Å². The SMILES string of the molecule is CC(C)(C)c1cccc(-c2ccccc2)c1-n1c(-c2[c-]ccc3c2sc2ccccc23)nc2cc3ccccc3cc21.CC(C)Cc1cc(-c2[c-]cccc2)nc[c]1[Ge]([CH3])([CH3])[CH3].[Ir]. The number of para-hydroxylation sites is 1. The fraction of sp³-hybridized carbons (Fsp3) is 0.193. The molecule has 10 rings (SSSR count). The Balaban J connectivity index is 0.000000219. The number of hydrogen-bond donors (Lipinski definition) is 0. The van der Waals surface area contributed by atoms with Crippen LogP contribution in [-0.2, 0) is 31.9 Å². The third-order valence-corrected chi connectivity index (χ3v) is 17.2. The van der Waals surface area contributed by atoms with Crippen LogP contribution in [-0.4, -0.2) is 27.8 Å². The average molecular weight is 1080 g/mol. The van der Waals surface area contributed by atoms with Gasteiger partial charge in [0.1, 0.15) is 0 Å². The summed E-state index contributed by atoms with van der Waals surface area (Å²) >= 11 is -0.0324. The molecule has 6 heteroatoms. The van der Waals surface area contributed by atoms with Crippen LogP contribution in [0.5, 0.6) is 0 Å². The zero-order valence-electron chi connectivity index (χ0n) is 37.4. The van der Waals surface area contributed by atoms with Crippen LogP contribution in [0.3, 0.4) is 0 Å². The van der Waals surface area contributed by atoms with Crippen molar-refractivity contribution in [3.8, 4) is 39.5 Å². The van der Waals surface area contributed by atoms with Crippen molar-refractivity contribution in [3.63, 3.8) is 0 Å². The zero-order chi connectivity index (χ0) is 43.2. The Labute approximate surface area is 393 Å². The van der Waals surface area contributed by atoms with Gasteiger partial charge in [-0.05, 0) is 55.6 Å². The van der Waals surface area contributed by atoms with Crippen LogP contribution in [0.15, 0.2) is 158 Å². The Morgan fingerprint density at radius 3 is 2.14 bits per heavy atom. The summed E-state index contributed by atoms with van der Waals surface area (Å²) in [6.07, 6.45) is 3.27. The maximum atomic E-state index is 5.43. The van der Waals surface area contributed by atoms with Crippen LogP contribution < -0.4 is 4.40 Å². The van der Waals surface area contributed by atoms with Gasteiger partial charge in [0.2, 0.25) is 0 Å². The second kappa shape index (κ2) is 18.1. The predicted molar refractivity (Wildman–Crippen MR) is 270 cm³/mol. The van der Waals surface area contributed by atoms with Crippen LogP contribution in [0.4, 0.5) is 0 Å². The Hall–Kier alpha value is -5.17. The molecule has 0 N–H and O–H groups in total. The summed E-state index contributed by atoms with van der Waals surface area (Å²) in [7, 11) is 0. The molecule has 0 saturated carbocycles. The molecule has 0 amide bonds. The van der Waals surface area contributed by atoms with E-state index in [9.17, 15) is 0 Å². The fourth-order valence-corrected chi connectivity index (χ4v) is 13.3. The summed E-state index contributed by atoms with van der Waals surface area (Å²) in [5.74, 6) is 8.92. The molecule has 3 nitrogen and oxygen atoms in total. The van der Waals surface area contributed by atoms with Crippen LogP contribution in [0, 0.1) is 18.1 Å². The van der Waals surface area contributed by atoms with Crippen molar-refractivity contribution in [2.24, 2.45) is 5.92 Å². The number of fused-ring (bicyclic) bond motifs is 5. The first-order valence-corrected chi connectivity index (χ1v) is 29.9. The molecule has 10 aromatic rings. The van der Waals surface area contributed by atoms with Gasteiger partial charge in [0.25, 0.3) is 0 Å². The quantitative estimate of drug-likeness (QED) is 0.118. The second-order valence-corrected chi connectivity index (χ2v) is 30.4. The first-order chi connectivity index (χ1) is 29.8. The molecule has 0 aliphatic rings. The number of pyridine rings is 1. The van der Waals surface area contributed by atoms with E-state index in [1.54, 1.807) is 4.40 Å². The smallest absolute Gasteiger partial charge is 0 e. The number of aromatic nitrogens is 3. The minimum atomic E-state index is -1.86. The van der Waals surface area contributed by atoms with Crippen LogP contribution in [0.1, 0.15) is 45.7 Å². The van der Waals surface area contributed by atoms with E-state index in [0.29, 0.717) is 5.92 Å². The zero-order valence-corrected chi connectivity index (χ0v) is 42.7. The van der Waals surface area contributed by atoms with E-state index in [4.69, 9.17) is 9.97 Å². The van der Waals surface area contributed by atoms with Gasteiger partial charge in [-0.3, -0.25) is 4.98 Å². The van der Waals surface area contributed by atoms with Crippen molar-refractivity contribution in [3.05, 3.63) is 181 Å². The second-order valence-electron chi connectivity index (χ2n) is 18.8. The number of hydrogen-bond acceptors (Lipinski definition) is 3. The van der Waals surface area contributed by atoms with Gasteiger partial charge in [-0.25, -0.2) is 0 Å². The molecule has 0 spiro atoms. The molecule has 1 radical (unpaired) electrons. The number of nitrogens with zero attached hydrogens (tertiary/aromatic N) is 3. The number of benzene rings is 7. The van der Waals surface area contributed by atoms with Crippen LogP contribution in [0.25, 0.3) is 81.4 Å². The maximum absolute atomic E-state index is 5.43. The molecule has 0 fully saturated rings. The number of thiophene rings is 1. The van der Waals surface area contributed by atoms with Crippen LogP contribution in [0.2, 0.25) is 17.3 Å². The summed E-state index contributed by atoms with van der Waals surface area (Å²) in [6, 6.07) is 60.8. The molecule has 0 unspecified atom stereocenters. The molecule has 63 heavy (non-hydrogen) atoms.